The molecule has 0 aliphatic carbocycles. The van der Waals surface area contributed by atoms with Gasteiger partial charge in [-0.15, -0.1) is 0 Å². The molecule has 0 fully saturated rings. The smallest absolute Gasteiger partial charge is 0.257 e. The zero-order valence-electron chi connectivity index (χ0n) is 13.2. The monoisotopic (exact) mass is 371 g/mol. The van der Waals surface area contributed by atoms with Crippen LogP contribution >= 0.6 is 23.2 Å². The van der Waals surface area contributed by atoms with E-state index in [2.05, 4.69) is 15.6 Å². The van der Waals surface area contributed by atoms with Crippen LogP contribution in [0.15, 0.2) is 67.0 Å². The second kappa shape index (κ2) is 8.01. The summed E-state index contributed by atoms with van der Waals surface area (Å²) < 4.78 is 0. The average molecular weight is 372 g/mol. The van der Waals surface area contributed by atoms with Gasteiger partial charge in [0.2, 0.25) is 0 Å². The van der Waals surface area contributed by atoms with Gasteiger partial charge in [-0.2, -0.15) is 0 Å². The molecule has 126 valence electrons. The second-order valence-corrected chi connectivity index (χ2v) is 6.18. The predicted molar refractivity (Wildman–Crippen MR) is 102 cm³/mol. The number of halogens is 2. The number of pyridine rings is 1. The molecule has 2 N–H and O–H groups in total. The molecule has 0 aliphatic heterocycles. The van der Waals surface area contributed by atoms with Crippen molar-refractivity contribution < 1.29 is 4.79 Å². The predicted octanol–water partition coefficient (Wildman–Crippen LogP) is 5.25. The third kappa shape index (κ3) is 4.50. The number of aromatic nitrogens is 1. The van der Waals surface area contributed by atoms with Crippen LogP contribution in [-0.2, 0) is 6.54 Å². The fourth-order valence-corrected chi connectivity index (χ4v) is 2.77. The summed E-state index contributed by atoms with van der Waals surface area (Å²) in [5.74, 6) is -0.248. The first-order valence-corrected chi connectivity index (χ1v) is 8.37. The average Bonchev–Trinajstić information content (AvgIpc) is 2.63. The molecule has 4 nitrogen and oxygen atoms in total. The molecule has 0 bridgehead atoms. The van der Waals surface area contributed by atoms with Crippen molar-refractivity contribution in [2.24, 2.45) is 0 Å². The van der Waals surface area contributed by atoms with Crippen LogP contribution in [0.3, 0.4) is 0 Å². The number of amides is 1. The minimum absolute atomic E-state index is 0.248. The van der Waals surface area contributed by atoms with E-state index in [9.17, 15) is 4.79 Å². The van der Waals surface area contributed by atoms with Crippen LogP contribution in [0.2, 0.25) is 10.0 Å². The third-order valence-electron chi connectivity index (χ3n) is 3.58. The van der Waals surface area contributed by atoms with Crippen molar-refractivity contribution in [3.8, 4) is 0 Å². The summed E-state index contributed by atoms with van der Waals surface area (Å²) in [6.45, 7) is 0.592. The lowest BCUT2D eigenvalue weighted by atomic mass is 10.1. The summed E-state index contributed by atoms with van der Waals surface area (Å²) in [5.41, 5.74) is 2.86. The Morgan fingerprint density at radius 3 is 2.48 bits per heavy atom. The molecule has 0 spiro atoms. The number of rotatable bonds is 5. The van der Waals surface area contributed by atoms with Crippen LogP contribution in [-0.4, -0.2) is 10.9 Å². The number of anilines is 2. The third-order valence-corrected chi connectivity index (χ3v) is 4.13. The fourth-order valence-electron chi connectivity index (χ4n) is 2.31. The highest BCUT2D eigenvalue weighted by molar-refractivity contribution is 6.36. The standard InChI is InChI=1S/C19H15Cl2N3O/c20-14-5-6-18(16(21)11-14)24-19(25)15-3-1-2-4-17(15)23-12-13-7-9-22-10-8-13/h1-11,23H,12H2,(H,24,25). The first kappa shape index (κ1) is 17.3. The van der Waals surface area contributed by atoms with Crippen molar-refractivity contribution in [2.75, 3.05) is 10.6 Å². The topological polar surface area (TPSA) is 54.0 Å². The fraction of sp³-hybridized carbons (Fsp3) is 0.0526. The van der Waals surface area contributed by atoms with Crippen LogP contribution in [0.5, 0.6) is 0 Å². The summed E-state index contributed by atoms with van der Waals surface area (Å²) in [5, 5.41) is 7.00. The maximum Gasteiger partial charge on any atom is 0.257 e. The summed E-state index contributed by atoms with van der Waals surface area (Å²) >= 11 is 12.0. The lowest BCUT2D eigenvalue weighted by Crippen LogP contribution is -2.15. The van der Waals surface area contributed by atoms with Crippen LogP contribution in [0.4, 0.5) is 11.4 Å². The highest BCUT2D eigenvalue weighted by Gasteiger charge is 2.13. The van der Waals surface area contributed by atoms with Gasteiger partial charge in [-0.05, 0) is 48.0 Å². The van der Waals surface area contributed by atoms with E-state index >= 15 is 0 Å². The molecule has 1 heterocycles. The van der Waals surface area contributed by atoms with Gasteiger partial charge in [-0.25, -0.2) is 0 Å². The van der Waals surface area contributed by atoms with E-state index in [1.54, 1.807) is 36.7 Å². The molecule has 3 aromatic rings. The van der Waals surface area contributed by atoms with Crippen LogP contribution in [0, 0.1) is 0 Å². The molecule has 0 saturated carbocycles. The van der Waals surface area contributed by atoms with Crippen molar-refractivity contribution in [3.63, 3.8) is 0 Å². The molecular formula is C19H15Cl2N3O. The zero-order chi connectivity index (χ0) is 17.6. The number of carbonyl (C=O) groups excluding carboxylic acids is 1. The molecule has 3 rings (SSSR count). The number of benzene rings is 2. The highest BCUT2D eigenvalue weighted by Crippen LogP contribution is 2.26. The van der Waals surface area contributed by atoms with Crippen LogP contribution in [0.25, 0.3) is 0 Å². The molecule has 2 aromatic carbocycles. The van der Waals surface area contributed by atoms with E-state index in [0.29, 0.717) is 27.8 Å². The van der Waals surface area contributed by atoms with Gasteiger partial charge >= 0.3 is 0 Å². The Morgan fingerprint density at radius 2 is 1.72 bits per heavy atom. The molecular weight excluding hydrogens is 357 g/mol. The molecule has 0 unspecified atom stereocenters. The molecule has 1 amide bonds. The van der Waals surface area contributed by atoms with Gasteiger partial charge < -0.3 is 10.6 Å². The zero-order valence-corrected chi connectivity index (χ0v) is 14.7. The lowest BCUT2D eigenvalue weighted by molar-refractivity contribution is 0.102. The largest absolute Gasteiger partial charge is 0.380 e. The van der Waals surface area contributed by atoms with E-state index in [0.717, 1.165) is 11.3 Å². The number of nitrogens with one attached hydrogen (secondary N) is 2. The van der Waals surface area contributed by atoms with Crippen molar-refractivity contribution in [3.05, 3.63) is 88.2 Å². The number of nitrogens with zero attached hydrogens (tertiary/aromatic N) is 1. The lowest BCUT2D eigenvalue weighted by Gasteiger charge is -2.13. The molecule has 0 atom stereocenters. The first-order valence-electron chi connectivity index (χ1n) is 7.61. The number of carbonyl (C=O) groups is 1. The minimum atomic E-state index is -0.248. The van der Waals surface area contributed by atoms with Crippen molar-refractivity contribution in [1.29, 1.82) is 0 Å². The van der Waals surface area contributed by atoms with Gasteiger partial charge in [-0.1, -0.05) is 35.3 Å². The molecule has 0 radical (unpaired) electrons. The van der Waals surface area contributed by atoms with Crippen molar-refractivity contribution in [1.82, 2.24) is 4.98 Å². The Balaban J connectivity index is 1.76. The van der Waals surface area contributed by atoms with E-state index in [4.69, 9.17) is 23.2 Å². The number of hydrogen-bond acceptors (Lipinski definition) is 3. The van der Waals surface area contributed by atoms with Gasteiger partial charge in [0.25, 0.3) is 5.91 Å². The summed E-state index contributed by atoms with van der Waals surface area (Å²) in [4.78, 5) is 16.6. The molecule has 1 aromatic heterocycles. The van der Waals surface area contributed by atoms with E-state index < -0.39 is 0 Å². The van der Waals surface area contributed by atoms with Gasteiger partial charge in [0.1, 0.15) is 0 Å². The van der Waals surface area contributed by atoms with Gasteiger partial charge in [0.15, 0.2) is 0 Å². The second-order valence-electron chi connectivity index (χ2n) is 5.33. The first-order chi connectivity index (χ1) is 12.1. The summed E-state index contributed by atoms with van der Waals surface area (Å²) in [6, 6.07) is 16.1. The summed E-state index contributed by atoms with van der Waals surface area (Å²) in [6.07, 6.45) is 3.47. The van der Waals surface area contributed by atoms with E-state index in [1.165, 1.54) is 0 Å². The normalized spacial score (nSPS) is 10.3. The summed E-state index contributed by atoms with van der Waals surface area (Å²) in [7, 11) is 0. The Morgan fingerprint density at radius 1 is 0.960 bits per heavy atom. The Labute approximate surface area is 155 Å². The van der Waals surface area contributed by atoms with E-state index in [1.807, 2.05) is 30.3 Å². The van der Waals surface area contributed by atoms with E-state index in [-0.39, 0.29) is 5.91 Å². The maximum absolute atomic E-state index is 12.6. The Hall–Kier alpha value is -2.56. The van der Waals surface area contributed by atoms with Crippen LogP contribution < -0.4 is 10.6 Å². The minimum Gasteiger partial charge on any atom is -0.380 e. The molecule has 0 aliphatic rings. The Bertz CT molecular complexity index is 885. The highest BCUT2D eigenvalue weighted by atomic mass is 35.5. The quantitative estimate of drug-likeness (QED) is 0.643. The SMILES string of the molecule is O=C(Nc1ccc(Cl)cc1Cl)c1ccccc1NCc1ccncc1. The molecule has 6 heteroatoms. The Kier molecular flexibility index (Phi) is 5.53. The van der Waals surface area contributed by atoms with Gasteiger partial charge in [0.05, 0.1) is 16.3 Å². The van der Waals surface area contributed by atoms with Gasteiger partial charge in [-0.3, -0.25) is 9.78 Å². The maximum atomic E-state index is 12.6. The van der Waals surface area contributed by atoms with Gasteiger partial charge in [0, 0.05) is 29.6 Å². The van der Waals surface area contributed by atoms with Crippen molar-refractivity contribution in [2.45, 2.75) is 6.54 Å². The molecule has 0 saturated heterocycles. The number of para-hydroxylation sites is 1. The number of hydrogen-bond donors (Lipinski definition) is 2. The van der Waals surface area contributed by atoms with Crippen molar-refractivity contribution >= 4 is 40.5 Å². The van der Waals surface area contributed by atoms with Crippen LogP contribution in [0.1, 0.15) is 15.9 Å². The molecule has 25 heavy (non-hydrogen) atoms.